The summed E-state index contributed by atoms with van der Waals surface area (Å²) in [6.07, 6.45) is 0.327. The van der Waals surface area contributed by atoms with Gasteiger partial charge < -0.3 is 10.6 Å². The molecule has 0 fully saturated rings. The van der Waals surface area contributed by atoms with Gasteiger partial charge in [-0.15, -0.1) is 0 Å². The number of benzene rings is 2. The Morgan fingerprint density at radius 3 is 2.38 bits per heavy atom. The largest absolute Gasteiger partial charge is 0.324 e. The van der Waals surface area contributed by atoms with E-state index < -0.39 is 17.5 Å². The monoisotopic (exact) mass is 452 g/mol. The van der Waals surface area contributed by atoms with E-state index in [1.807, 2.05) is 32.0 Å². The second kappa shape index (κ2) is 9.78. The van der Waals surface area contributed by atoms with E-state index in [4.69, 9.17) is 11.6 Å². The SMILES string of the molecule is CCC(C(=O)Nc1cccc(C)c1C)n1nc(-c2ccc(Cl)cc2)cc(NC(C)=O)c1=O. The molecule has 1 heterocycles. The number of aromatic nitrogens is 2. The fourth-order valence-electron chi connectivity index (χ4n) is 3.34. The van der Waals surface area contributed by atoms with Crippen LogP contribution in [0.4, 0.5) is 11.4 Å². The Hall–Kier alpha value is -3.45. The number of carbonyl (C=O) groups is 2. The third-order valence-corrected chi connectivity index (χ3v) is 5.48. The van der Waals surface area contributed by atoms with Gasteiger partial charge in [0.2, 0.25) is 11.8 Å². The molecule has 0 spiro atoms. The molecule has 2 amide bonds. The highest BCUT2D eigenvalue weighted by Crippen LogP contribution is 2.24. The van der Waals surface area contributed by atoms with Crippen LogP contribution in [-0.4, -0.2) is 21.6 Å². The van der Waals surface area contributed by atoms with Gasteiger partial charge in [0.15, 0.2) is 0 Å². The van der Waals surface area contributed by atoms with Crippen LogP contribution in [0.3, 0.4) is 0 Å². The standard InChI is InChI=1S/C24H25ClN4O3/c1-5-22(23(31)27-19-8-6-7-14(2)15(19)3)29-24(32)21(26-16(4)30)13-20(28-29)17-9-11-18(25)12-10-17/h6-13,22H,5H2,1-4H3,(H,26,30)(H,27,31). The predicted octanol–water partition coefficient (Wildman–Crippen LogP) is 4.73. The van der Waals surface area contributed by atoms with Gasteiger partial charge >= 0.3 is 0 Å². The summed E-state index contributed by atoms with van der Waals surface area (Å²) in [6, 6.07) is 13.2. The van der Waals surface area contributed by atoms with Crippen molar-refractivity contribution in [3.8, 4) is 11.3 Å². The zero-order valence-corrected chi connectivity index (χ0v) is 19.2. The number of rotatable bonds is 6. The molecule has 0 aliphatic carbocycles. The zero-order chi connectivity index (χ0) is 23.4. The minimum absolute atomic E-state index is 0.0513. The molecule has 0 aliphatic heterocycles. The quantitative estimate of drug-likeness (QED) is 0.565. The van der Waals surface area contributed by atoms with Crippen LogP contribution < -0.4 is 16.2 Å². The summed E-state index contributed by atoms with van der Waals surface area (Å²) in [7, 11) is 0. The number of hydrogen-bond acceptors (Lipinski definition) is 4. The second-order valence-electron chi connectivity index (χ2n) is 7.54. The molecule has 2 N–H and O–H groups in total. The Morgan fingerprint density at radius 1 is 1.06 bits per heavy atom. The second-order valence-corrected chi connectivity index (χ2v) is 7.98. The molecule has 0 bridgehead atoms. The topological polar surface area (TPSA) is 93.1 Å². The van der Waals surface area contributed by atoms with E-state index >= 15 is 0 Å². The maximum atomic E-state index is 13.2. The Bertz CT molecular complexity index is 1220. The Morgan fingerprint density at radius 2 is 1.75 bits per heavy atom. The van der Waals surface area contributed by atoms with Crippen molar-refractivity contribution in [2.24, 2.45) is 0 Å². The molecule has 1 atom stereocenters. The number of halogens is 1. The molecule has 0 saturated carbocycles. The fourth-order valence-corrected chi connectivity index (χ4v) is 3.46. The molecule has 2 aromatic carbocycles. The van der Waals surface area contributed by atoms with Crippen LogP contribution in [0.25, 0.3) is 11.3 Å². The van der Waals surface area contributed by atoms with Gasteiger partial charge in [-0.2, -0.15) is 5.10 Å². The number of aryl methyl sites for hydroxylation is 1. The lowest BCUT2D eigenvalue weighted by Gasteiger charge is -2.20. The third kappa shape index (κ3) is 5.06. The minimum atomic E-state index is -0.873. The molecule has 32 heavy (non-hydrogen) atoms. The molecule has 8 heteroatoms. The maximum Gasteiger partial charge on any atom is 0.291 e. The average Bonchev–Trinajstić information content (AvgIpc) is 2.74. The smallest absolute Gasteiger partial charge is 0.291 e. The van der Waals surface area contributed by atoms with Crippen LogP contribution in [0, 0.1) is 13.8 Å². The lowest BCUT2D eigenvalue weighted by Crippen LogP contribution is -2.36. The third-order valence-electron chi connectivity index (χ3n) is 5.23. The van der Waals surface area contributed by atoms with Crippen molar-refractivity contribution in [1.82, 2.24) is 9.78 Å². The van der Waals surface area contributed by atoms with E-state index in [1.54, 1.807) is 31.2 Å². The Balaban J connectivity index is 2.08. The molecule has 3 rings (SSSR count). The van der Waals surface area contributed by atoms with Crippen LogP contribution in [0.15, 0.2) is 53.3 Å². The summed E-state index contributed by atoms with van der Waals surface area (Å²) in [5.74, 6) is -0.757. The molecule has 1 unspecified atom stereocenters. The lowest BCUT2D eigenvalue weighted by molar-refractivity contribution is -0.119. The molecule has 166 valence electrons. The minimum Gasteiger partial charge on any atom is -0.324 e. The van der Waals surface area contributed by atoms with E-state index in [1.165, 1.54) is 13.0 Å². The van der Waals surface area contributed by atoms with Gasteiger partial charge in [-0.05, 0) is 55.7 Å². The summed E-state index contributed by atoms with van der Waals surface area (Å²) < 4.78 is 1.13. The van der Waals surface area contributed by atoms with Crippen LogP contribution in [0.1, 0.15) is 37.4 Å². The highest BCUT2D eigenvalue weighted by Gasteiger charge is 2.24. The molecule has 0 saturated heterocycles. The van der Waals surface area contributed by atoms with Gasteiger partial charge in [-0.25, -0.2) is 4.68 Å². The number of nitrogens with one attached hydrogen (secondary N) is 2. The number of hydrogen-bond donors (Lipinski definition) is 2. The first kappa shape index (κ1) is 23.2. The van der Waals surface area contributed by atoms with E-state index in [0.29, 0.717) is 28.4 Å². The van der Waals surface area contributed by atoms with Gasteiger partial charge in [0.25, 0.3) is 5.56 Å². The first-order valence-electron chi connectivity index (χ1n) is 10.3. The molecule has 0 aliphatic rings. The summed E-state index contributed by atoms with van der Waals surface area (Å²) in [4.78, 5) is 38.0. The Labute approximate surface area is 191 Å². The Kier molecular flexibility index (Phi) is 7.10. The first-order chi connectivity index (χ1) is 15.2. The highest BCUT2D eigenvalue weighted by molar-refractivity contribution is 6.30. The van der Waals surface area contributed by atoms with E-state index in [9.17, 15) is 14.4 Å². The van der Waals surface area contributed by atoms with Gasteiger partial charge in [-0.3, -0.25) is 14.4 Å². The maximum absolute atomic E-state index is 13.2. The average molecular weight is 453 g/mol. The normalized spacial score (nSPS) is 11.7. The molecule has 7 nitrogen and oxygen atoms in total. The van der Waals surface area contributed by atoms with Crippen LogP contribution in [-0.2, 0) is 9.59 Å². The van der Waals surface area contributed by atoms with Crippen molar-refractivity contribution in [3.63, 3.8) is 0 Å². The predicted molar refractivity (Wildman–Crippen MR) is 127 cm³/mol. The number of nitrogens with zero attached hydrogens (tertiary/aromatic N) is 2. The summed E-state index contributed by atoms with van der Waals surface area (Å²) >= 11 is 5.99. The van der Waals surface area contributed by atoms with Crippen LogP contribution >= 0.6 is 11.6 Å². The van der Waals surface area contributed by atoms with Gasteiger partial charge in [0.05, 0.1) is 5.69 Å². The number of anilines is 2. The van der Waals surface area contributed by atoms with Gasteiger partial charge in [-0.1, -0.05) is 42.8 Å². The van der Waals surface area contributed by atoms with Crippen molar-refractivity contribution in [2.75, 3.05) is 10.6 Å². The van der Waals surface area contributed by atoms with Gasteiger partial charge in [0.1, 0.15) is 11.7 Å². The van der Waals surface area contributed by atoms with Crippen molar-refractivity contribution in [2.45, 2.75) is 40.2 Å². The highest BCUT2D eigenvalue weighted by atomic mass is 35.5. The van der Waals surface area contributed by atoms with Crippen LogP contribution in [0.5, 0.6) is 0 Å². The van der Waals surface area contributed by atoms with E-state index in [-0.39, 0.29) is 11.6 Å². The number of amides is 2. The molecule has 1 aromatic heterocycles. The summed E-state index contributed by atoms with van der Waals surface area (Å²) in [6.45, 7) is 7.00. The van der Waals surface area contributed by atoms with Crippen molar-refractivity contribution < 1.29 is 9.59 Å². The lowest BCUT2D eigenvalue weighted by atomic mass is 10.1. The van der Waals surface area contributed by atoms with Gasteiger partial charge in [0, 0.05) is 23.2 Å². The molecular weight excluding hydrogens is 428 g/mol. The zero-order valence-electron chi connectivity index (χ0n) is 18.4. The molecule has 3 aromatic rings. The molecule has 0 radical (unpaired) electrons. The summed E-state index contributed by atoms with van der Waals surface area (Å²) in [5, 5.41) is 10.5. The van der Waals surface area contributed by atoms with Crippen molar-refractivity contribution >= 4 is 34.8 Å². The number of carbonyl (C=O) groups excluding carboxylic acids is 2. The summed E-state index contributed by atoms with van der Waals surface area (Å²) in [5.41, 5.74) is 3.30. The van der Waals surface area contributed by atoms with Crippen LogP contribution in [0.2, 0.25) is 5.02 Å². The van der Waals surface area contributed by atoms with Crippen molar-refractivity contribution in [3.05, 3.63) is 75.0 Å². The van der Waals surface area contributed by atoms with Crippen molar-refractivity contribution in [1.29, 1.82) is 0 Å². The van der Waals surface area contributed by atoms with E-state index in [2.05, 4.69) is 15.7 Å². The fraction of sp³-hybridized carbons (Fsp3) is 0.250. The first-order valence-corrected chi connectivity index (χ1v) is 10.6. The molecular formula is C24H25ClN4O3. The van der Waals surface area contributed by atoms with E-state index in [0.717, 1.165) is 15.8 Å².